The van der Waals surface area contributed by atoms with Gasteiger partial charge in [-0.25, -0.2) is 9.59 Å². The topological polar surface area (TPSA) is 98.1 Å². The minimum atomic E-state index is -1.69. The summed E-state index contributed by atoms with van der Waals surface area (Å²) in [6, 6.07) is 0. The molecule has 0 fully saturated rings. The van der Waals surface area contributed by atoms with Crippen LogP contribution in [-0.2, 0) is 0 Å². The highest BCUT2D eigenvalue weighted by atomic mass is 16.4. The van der Waals surface area contributed by atoms with E-state index >= 15 is 0 Å². The van der Waals surface area contributed by atoms with Gasteiger partial charge in [0.25, 0.3) is 0 Å². The van der Waals surface area contributed by atoms with E-state index in [0.717, 1.165) is 0 Å². The molecule has 0 heterocycles. The molecule has 0 atom stereocenters. The van der Waals surface area contributed by atoms with Gasteiger partial charge < -0.3 is 15.3 Å². The average Bonchev–Trinajstić information content (AvgIpc) is 1.64. The summed E-state index contributed by atoms with van der Waals surface area (Å²) in [6.45, 7) is -1.04. The quantitative estimate of drug-likeness (QED) is 0.424. The third-order valence-electron chi connectivity index (χ3n) is 0.603. The monoisotopic (exact) mass is 135 g/mol. The van der Waals surface area contributed by atoms with E-state index in [-0.39, 0.29) is 4.90 Å². The van der Waals surface area contributed by atoms with Crippen molar-refractivity contribution in [3.8, 4) is 0 Å². The summed E-state index contributed by atoms with van der Waals surface area (Å²) in [5, 5.41) is 23.9. The second-order valence-corrected chi connectivity index (χ2v) is 1.13. The van der Waals surface area contributed by atoms with E-state index in [1.54, 1.807) is 0 Å². The van der Waals surface area contributed by atoms with E-state index in [4.69, 9.17) is 15.3 Å². The number of carboxylic acid groups (broad SMARTS) is 2. The molecule has 0 aromatic rings. The average molecular weight is 135 g/mol. The van der Waals surface area contributed by atoms with E-state index < -0.39 is 18.9 Å². The second-order valence-electron chi connectivity index (χ2n) is 1.13. The summed E-state index contributed by atoms with van der Waals surface area (Å²) in [4.78, 5) is 19.4. The molecule has 3 N–H and O–H groups in total. The molecule has 0 unspecified atom stereocenters. The van der Waals surface area contributed by atoms with Gasteiger partial charge in [0.05, 0.1) is 0 Å². The van der Waals surface area contributed by atoms with Crippen molar-refractivity contribution >= 4 is 12.2 Å². The molecular formula is C3H5NO5. The van der Waals surface area contributed by atoms with Crippen molar-refractivity contribution in [1.82, 2.24) is 4.90 Å². The van der Waals surface area contributed by atoms with Crippen molar-refractivity contribution < 1.29 is 24.9 Å². The maximum atomic E-state index is 9.76. The zero-order valence-corrected chi connectivity index (χ0v) is 4.31. The fourth-order valence-electron chi connectivity index (χ4n) is 0.203. The van der Waals surface area contributed by atoms with E-state index in [2.05, 4.69) is 0 Å². The van der Waals surface area contributed by atoms with Gasteiger partial charge in [0.2, 0.25) is 0 Å². The van der Waals surface area contributed by atoms with Crippen LogP contribution in [0.3, 0.4) is 0 Å². The summed E-state index contributed by atoms with van der Waals surface area (Å²) in [5.41, 5.74) is 0. The molecule has 0 bridgehead atoms. The van der Waals surface area contributed by atoms with E-state index in [0.29, 0.717) is 0 Å². The molecular weight excluding hydrogens is 130 g/mol. The Kier molecular flexibility index (Phi) is 2.46. The number of amides is 2. The molecule has 52 valence electrons. The molecule has 0 saturated carbocycles. The van der Waals surface area contributed by atoms with Gasteiger partial charge in [-0.2, -0.15) is 4.90 Å². The Labute approximate surface area is 49.9 Å². The first kappa shape index (κ1) is 7.70. The van der Waals surface area contributed by atoms with Gasteiger partial charge in [0, 0.05) is 0 Å². The van der Waals surface area contributed by atoms with Gasteiger partial charge in [0.1, 0.15) is 6.73 Å². The normalized spacial score (nSPS) is 8.56. The van der Waals surface area contributed by atoms with Crippen LogP contribution in [0, 0.1) is 0 Å². The van der Waals surface area contributed by atoms with Gasteiger partial charge in [-0.3, -0.25) is 0 Å². The Morgan fingerprint density at radius 3 is 1.56 bits per heavy atom. The number of rotatable bonds is 1. The van der Waals surface area contributed by atoms with Crippen LogP contribution in [0.4, 0.5) is 9.59 Å². The molecule has 0 rings (SSSR count). The van der Waals surface area contributed by atoms with Gasteiger partial charge in [-0.15, -0.1) is 0 Å². The molecule has 0 saturated heterocycles. The van der Waals surface area contributed by atoms with Crippen LogP contribution in [0.5, 0.6) is 0 Å². The van der Waals surface area contributed by atoms with Crippen molar-refractivity contribution in [3.63, 3.8) is 0 Å². The molecule has 0 radical (unpaired) electrons. The third kappa shape index (κ3) is 1.96. The third-order valence-corrected chi connectivity index (χ3v) is 0.603. The molecule has 0 aliphatic heterocycles. The van der Waals surface area contributed by atoms with Crippen LogP contribution >= 0.6 is 0 Å². The van der Waals surface area contributed by atoms with Crippen LogP contribution in [0.25, 0.3) is 0 Å². The minimum absolute atomic E-state index is 0.153. The Hall–Kier alpha value is -1.30. The Morgan fingerprint density at radius 1 is 1.22 bits per heavy atom. The molecule has 0 spiro atoms. The van der Waals surface area contributed by atoms with Crippen molar-refractivity contribution in [3.05, 3.63) is 0 Å². The van der Waals surface area contributed by atoms with Crippen molar-refractivity contribution in [1.29, 1.82) is 0 Å². The summed E-state index contributed by atoms with van der Waals surface area (Å²) in [5.74, 6) is 0. The van der Waals surface area contributed by atoms with Crippen LogP contribution in [-0.4, -0.2) is 39.1 Å². The highest BCUT2D eigenvalue weighted by molar-refractivity contribution is 5.85. The molecule has 6 nitrogen and oxygen atoms in total. The van der Waals surface area contributed by atoms with Crippen LogP contribution in [0.15, 0.2) is 0 Å². The van der Waals surface area contributed by atoms with Crippen molar-refractivity contribution in [2.75, 3.05) is 6.73 Å². The Balaban J connectivity index is 3.99. The van der Waals surface area contributed by atoms with Crippen molar-refractivity contribution in [2.24, 2.45) is 0 Å². The predicted octanol–water partition coefficient (Wildman–Crippen LogP) is -0.406. The maximum Gasteiger partial charge on any atom is 0.418 e. The Morgan fingerprint density at radius 2 is 1.56 bits per heavy atom. The summed E-state index contributed by atoms with van der Waals surface area (Å²) in [7, 11) is 0. The number of aliphatic hydroxyl groups is 1. The van der Waals surface area contributed by atoms with Gasteiger partial charge in [0.15, 0.2) is 0 Å². The number of aliphatic hydroxyl groups excluding tert-OH is 1. The van der Waals surface area contributed by atoms with Crippen LogP contribution in [0.2, 0.25) is 0 Å². The standard InChI is InChI=1S/C3H5NO5/c5-1-4(2(6)7)3(8)9/h5H,1H2,(H,6,7)(H,8,9). The predicted molar refractivity (Wildman–Crippen MR) is 25.0 cm³/mol. The van der Waals surface area contributed by atoms with Gasteiger partial charge >= 0.3 is 12.2 Å². The number of carbonyl (C=O) groups is 2. The second kappa shape index (κ2) is 2.88. The molecule has 0 aliphatic carbocycles. The lowest BCUT2D eigenvalue weighted by Crippen LogP contribution is -2.34. The van der Waals surface area contributed by atoms with Crippen molar-refractivity contribution in [2.45, 2.75) is 0 Å². The van der Waals surface area contributed by atoms with E-state index in [9.17, 15) is 9.59 Å². The summed E-state index contributed by atoms with van der Waals surface area (Å²) >= 11 is 0. The zero-order valence-electron chi connectivity index (χ0n) is 4.31. The van der Waals surface area contributed by atoms with Gasteiger partial charge in [-0.1, -0.05) is 0 Å². The first-order valence-corrected chi connectivity index (χ1v) is 1.94. The fourth-order valence-corrected chi connectivity index (χ4v) is 0.203. The van der Waals surface area contributed by atoms with E-state index in [1.165, 1.54) is 0 Å². The SMILES string of the molecule is O=C(O)N(CO)C(=O)O. The van der Waals surface area contributed by atoms with Gasteiger partial charge in [-0.05, 0) is 0 Å². The fraction of sp³-hybridized carbons (Fsp3) is 0.333. The highest BCUT2D eigenvalue weighted by Gasteiger charge is 2.16. The number of hydrogen-bond donors (Lipinski definition) is 3. The lowest BCUT2D eigenvalue weighted by Gasteiger charge is -2.07. The zero-order chi connectivity index (χ0) is 7.44. The molecule has 0 aromatic heterocycles. The summed E-state index contributed by atoms with van der Waals surface area (Å²) in [6.07, 6.45) is -3.38. The first-order chi connectivity index (χ1) is 4.09. The smallest absolute Gasteiger partial charge is 0.418 e. The number of nitrogens with zero attached hydrogens (tertiary/aromatic N) is 1. The van der Waals surface area contributed by atoms with Crippen LogP contribution in [0.1, 0.15) is 0 Å². The molecule has 2 amide bonds. The molecule has 9 heavy (non-hydrogen) atoms. The lowest BCUT2D eigenvalue weighted by atomic mass is 10.8. The van der Waals surface area contributed by atoms with E-state index in [1.807, 2.05) is 0 Å². The molecule has 0 aliphatic rings. The lowest BCUT2D eigenvalue weighted by molar-refractivity contribution is 0.0808. The molecule has 0 aromatic carbocycles. The first-order valence-electron chi connectivity index (χ1n) is 1.94. The largest absolute Gasteiger partial charge is 0.464 e. The minimum Gasteiger partial charge on any atom is -0.464 e. The Bertz CT molecular complexity index is 118. The highest BCUT2D eigenvalue weighted by Crippen LogP contribution is 1.86. The van der Waals surface area contributed by atoms with Crippen LogP contribution < -0.4 is 0 Å². The number of imide groups is 1. The number of hydrogen-bond acceptors (Lipinski definition) is 3. The maximum absolute atomic E-state index is 9.76. The summed E-state index contributed by atoms with van der Waals surface area (Å²) < 4.78 is 0. The molecule has 6 heteroatoms.